The van der Waals surface area contributed by atoms with Crippen LogP contribution < -0.4 is 15.8 Å². The monoisotopic (exact) mass is 220 g/mol. The number of nitrogens with one attached hydrogen (secondary N) is 1. The third-order valence-corrected chi connectivity index (χ3v) is 2.73. The Hall–Kier alpha value is -1.55. The maximum absolute atomic E-state index is 11.6. The summed E-state index contributed by atoms with van der Waals surface area (Å²) in [6.45, 7) is 2.61. The zero-order valence-electron chi connectivity index (χ0n) is 9.32. The summed E-state index contributed by atoms with van der Waals surface area (Å²) >= 11 is 0. The summed E-state index contributed by atoms with van der Waals surface area (Å²) in [5.41, 5.74) is 7.57. The molecule has 3 N–H and O–H groups in total. The van der Waals surface area contributed by atoms with Gasteiger partial charge in [-0.25, -0.2) is 0 Å². The number of anilines is 1. The van der Waals surface area contributed by atoms with Gasteiger partial charge >= 0.3 is 0 Å². The van der Waals surface area contributed by atoms with Crippen molar-refractivity contribution in [2.45, 2.75) is 25.8 Å². The first-order valence-corrected chi connectivity index (χ1v) is 5.53. The fourth-order valence-corrected chi connectivity index (χ4v) is 1.68. The molecule has 4 heteroatoms. The molecule has 16 heavy (non-hydrogen) atoms. The third-order valence-electron chi connectivity index (χ3n) is 2.73. The van der Waals surface area contributed by atoms with E-state index < -0.39 is 6.04 Å². The molecular weight excluding hydrogens is 204 g/mol. The molecule has 0 aliphatic carbocycles. The van der Waals surface area contributed by atoms with Gasteiger partial charge in [-0.1, -0.05) is 6.92 Å². The second kappa shape index (κ2) is 4.53. The summed E-state index contributed by atoms with van der Waals surface area (Å²) in [7, 11) is 0. The predicted octanol–water partition coefficient (Wildman–Crippen LogP) is 1.30. The quantitative estimate of drug-likeness (QED) is 0.807. The van der Waals surface area contributed by atoms with Crippen molar-refractivity contribution in [1.82, 2.24) is 0 Å². The maximum Gasteiger partial charge on any atom is 0.241 e. The van der Waals surface area contributed by atoms with Crippen LogP contribution in [0.5, 0.6) is 5.75 Å². The molecule has 4 nitrogen and oxygen atoms in total. The minimum Gasteiger partial charge on any atom is -0.493 e. The minimum atomic E-state index is -0.440. The highest BCUT2D eigenvalue weighted by Gasteiger charge is 2.14. The van der Waals surface area contributed by atoms with Crippen molar-refractivity contribution in [1.29, 1.82) is 0 Å². The van der Waals surface area contributed by atoms with Crippen LogP contribution in [0, 0.1) is 0 Å². The molecule has 1 aromatic rings. The van der Waals surface area contributed by atoms with E-state index in [-0.39, 0.29) is 5.91 Å². The first-order chi connectivity index (χ1) is 7.70. The molecule has 1 aliphatic rings. The van der Waals surface area contributed by atoms with Crippen LogP contribution >= 0.6 is 0 Å². The average Bonchev–Trinajstić information content (AvgIpc) is 2.75. The number of nitrogens with two attached hydrogens (primary N) is 1. The molecule has 0 spiro atoms. The van der Waals surface area contributed by atoms with Crippen molar-refractivity contribution in [3.05, 3.63) is 23.8 Å². The normalized spacial score (nSPS) is 15.1. The van der Waals surface area contributed by atoms with Gasteiger partial charge in [0.15, 0.2) is 0 Å². The van der Waals surface area contributed by atoms with Crippen LogP contribution in [0.4, 0.5) is 5.69 Å². The molecule has 86 valence electrons. The van der Waals surface area contributed by atoms with E-state index in [4.69, 9.17) is 10.5 Å². The fourth-order valence-electron chi connectivity index (χ4n) is 1.68. The molecule has 1 aliphatic heterocycles. The summed E-state index contributed by atoms with van der Waals surface area (Å²) in [5.74, 6) is 0.777. The zero-order chi connectivity index (χ0) is 11.5. The molecule has 1 aromatic carbocycles. The van der Waals surface area contributed by atoms with Gasteiger partial charge in [0.05, 0.1) is 12.6 Å². The van der Waals surface area contributed by atoms with E-state index in [0.717, 1.165) is 30.0 Å². The SMILES string of the molecule is CC[C@@H](N)C(=O)Nc1ccc2c(c1)CCO2. The molecule has 0 saturated carbocycles. The molecule has 2 rings (SSSR count). The molecule has 0 saturated heterocycles. The summed E-state index contributed by atoms with van der Waals surface area (Å²) in [6, 6.07) is 5.23. The summed E-state index contributed by atoms with van der Waals surface area (Å²) < 4.78 is 5.39. The van der Waals surface area contributed by atoms with Gasteiger partial charge in [0.1, 0.15) is 5.75 Å². The Morgan fingerprint density at radius 3 is 3.19 bits per heavy atom. The number of fused-ring (bicyclic) bond motifs is 1. The van der Waals surface area contributed by atoms with Gasteiger partial charge in [-0.05, 0) is 30.2 Å². The number of carbonyl (C=O) groups excluding carboxylic acids is 1. The van der Waals surface area contributed by atoms with E-state index in [9.17, 15) is 4.79 Å². The van der Waals surface area contributed by atoms with Gasteiger partial charge in [0.2, 0.25) is 5.91 Å². The van der Waals surface area contributed by atoms with Gasteiger partial charge in [-0.3, -0.25) is 4.79 Å². The van der Waals surface area contributed by atoms with E-state index in [1.165, 1.54) is 0 Å². The molecule has 1 atom stereocenters. The standard InChI is InChI=1S/C12H16N2O2/c1-2-10(13)12(15)14-9-3-4-11-8(7-9)5-6-16-11/h3-4,7,10H,2,5-6,13H2,1H3,(H,14,15)/t10-/m1/s1. The second-order valence-electron chi connectivity index (χ2n) is 3.92. The minimum absolute atomic E-state index is 0.138. The van der Waals surface area contributed by atoms with Crippen LogP contribution in [0.1, 0.15) is 18.9 Å². The Balaban J connectivity index is 2.08. The average molecular weight is 220 g/mol. The Morgan fingerprint density at radius 2 is 2.44 bits per heavy atom. The lowest BCUT2D eigenvalue weighted by molar-refractivity contribution is -0.117. The van der Waals surface area contributed by atoms with Gasteiger partial charge in [0.25, 0.3) is 0 Å². The fraction of sp³-hybridized carbons (Fsp3) is 0.417. The summed E-state index contributed by atoms with van der Waals surface area (Å²) in [6.07, 6.45) is 1.54. The molecule has 0 fully saturated rings. The Kier molecular flexibility index (Phi) is 3.10. The molecule has 1 amide bonds. The van der Waals surface area contributed by atoms with E-state index in [1.54, 1.807) is 0 Å². The van der Waals surface area contributed by atoms with E-state index >= 15 is 0 Å². The van der Waals surface area contributed by atoms with E-state index in [2.05, 4.69) is 5.32 Å². The molecule has 1 heterocycles. The number of amides is 1. The molecule has 0 radical (unpaired) electrons. The van der Waals surface area contributed by atoms with E-state index in [0.29, 0.717) is 6.42 Å². The van der Waals surface area contributed by atoms with E-state index in [1.807, 2.05) is 25.1 Å². The molecular formula is C12H16N2O2. The maximum atomic E-state index is 11.6. The first kappa shape index (κ1) is 11.0. The number of rotatable bonds is 3. The molecule has 0 unspecified atom stereocenters. The Bertz CT molecular complexity index is 404. The number of hydrogen-bond donors (Lipinski definition) is 2. The predicted molar refractivity (Wildman–Crippen MR) is 62.5 cm³/mol. The van der Waals surface area contributed by atoms with Gasteiger partial charge in [0, 0.05) is 12.1 Å². The van der Waals surface area contributed by atoms with Crippen molar-refractivity contribution in [3.8, 4) is 5.75 Å². The number of hydrogen-bond acceptors (Lipinski definition) is 3. The second-order valence-corrected chi connectivity index (χ2v) is 3.92. The Morgan fingerprint density at radius 1 is 1.62 bits per heavy atom. The van der Waals surface area contributed by atoms with Crippen LogP contribution in [0.15, 0.2) is 18.2 Å². The largest absolute Gasteiger partial charge is 0.493 e. The highest BCUT2D eigenvalue weighted by Crippen LogP contribution is 2.27. The lowest BCUT2D eigenvalue weighted by atomic mass is 10.1. The van der Waals surface area contributed by atoms with Crippen molar-refractivity contribution >= 4 is 11.6 Å². The highest BCUT2D eigenvalue weighted by atomic mass is 16.5. The lowest BCUT2D eigenvalue weighted by Gasteiger charge is -2.10. The van der Waals surface area contributed by atoms with Crippen molar-refractivity contribution in [2.75, 3.05) is 11.9 Å². The van der Waals surface area contributed by atoms with Crippen LogP contribution in [0.25, 0.3) is 0 Å². The van der Waals surface area contributed by atoms with Crippen LogP contribution in [-0.2, 0) is 11.2 Å². The van der Waals surface area contributed by atoms with Crippen LogP contribution in [-0.4, -0.2) is 18.6 Å². The van der Waals surface area contributed by atoms with Crippen LogP contribution in [0.2, 0.25) is 0 Å². The van der Waals surface area contributed by atoms with Crippen molar-refractivity contribution in [3.63, 3.8) is 0 Å². The van der Waals surface area contributed by atoms with Crippen LogP contribution in [0.3, 0.4) is 0 Å². The molecule has 0 aromatic heterocycles. The smallest absolute Gasteiger partial charge is 0.241 e. The lowest BCUT2D eigenvalue weighted by Crippen LogP contribution is -2.34. The Labute approximate surface area is 94.8 Å². The summed E-state index contributed by atoms with van der Waals surface area (Å²) in [5, 5.41) is 2.80. The highest BCUT2D eigenvalue weighted by molar-refractivity contribution is 5.94. The zero-order valence-corrected chi connectivity index (χ0v) is 9.32. The van der Waals surface area contributed by atoms with Gasteiger partial charge < -0.3 is 15.8 Å². The van der Waals surface area contributed by atoms with Gasteiger partial charge in [-0.2, -0.15) is 0 Å². The van der Waals surface area contributed by atoms with Crippen molar-refractivity contribution in [2.24, 2.45) is 5.73 Å². The first-order valence-electron chi connectivity index (χ1n) is 5.53. The topological polar surface area (TPSA) is 64.4 Å². The number of ether oxygens (including phenoxy) is 1. The van der Waals surface area contributed by atoms with Crippen molar-refractivity contribution < 1.29 is 9.53 Å². The third kappa shape index (κ3) is 2.17. The molecule has 0 bridgehead atoms. The number of benzene rings is 1. The summed E-state index contributed by atoms with van der Waals surface area (Å²) in [4.78, 5) is 11.6. The van der Waals surface area contributed by atoms with Gasteiger partial charge in [-0.15, -0.1) is 0 Å². The number of carbonyl (C=O) groups is 1.